The highest BCUT2D eigenvalue weighted by Crippen LogP contribution is 2.27. The largest absolute Gasteiger partial charge is 0.466 e. The Kier molecular flexibility index (Phi) is 9.89. The maximum absolute atomic E-state index is 13.3. The lowest BCUT2D eigenvalue weighted by molar-refractivity contribution is -0.384. The number of ether oxygens (including phenoxy) is 2. The van der Waals surface area contributed by atoms with E-state index in [2.05, 4.69) is 10.3 Å². The number of rotatable bonds is 13. The number of nitrogens with one attached hydrogen (secondary N) is 1. The van der Waals surface area contributed by atoms with Gasteiger partial charge in [0.1, 0.15) is 11.5 Å². The fourth-order valence-corrected chi connectivity index (χ4v) is 3.41. The molecule has 0 aliphatic rings. The summed E-state index contributed by atoms with van der Waals surface area (Å²) in [6, 6.07) is 18.9. The van der Waals surface area contributed by atoms with Crippen molar-refractivity contribution in [3.63, 3.8) is 0 Å². The van der Waals surface area contributed by atoms with Gasteiger partial charge in [0.25, 0.3) is 11.6 Å². The van der Waals surface area contributed by atoms with Crippen molar-refractivity contribution in [3.8, 4) is 0 Å². The molecule has 10 heteroatoms. The zero-order chi connectivity index (χ0) is 25.8. The van der Waals surface area contributed by atoms with Gasteiger partial charge in [-0.1, -0.05) is 36.4 Å². The highest BCUT2D eigenvalue weighted by Gasteiger charge is 2.23. The van der Waals surface area contributed by atoms with Crippen molar-refractivity contribution >= 4 is 29.1 Å². The molecule has 0 atom stereocenters. The van der Waals surface area contributed by atoms with Crippen molar-refractivity contribution in [1.82, 2.24) is 4.98 Å². The Morgan fingerprint density at radius 1 is 1.08 bits per heavy atom. The number of benzene rings is 2. The first-order valence-electron chi connectivity index (χ1n) is 11.5. The van der Waals surface area contributed by atoms with E-state index in [0.29, 0.717) is 25.6 Å². The summed E-state index contributed by atoms with van der Waals surface area (Å²) in [5, 5.41) is 14.7. The lowest BCUT2D eigenvalue weighted by atomic mass is 10.1. The molecule has 0 radical (unpaired) electrons. The van der Waals surface area contributed by atoms with Gasteiger partial charge < -0.3 is 14.8 Å². The third kappa shape index (κ3) is 7.60. The second-order valence-electron chi connectivity index (χ2n) is 7.65. The summed E-state index contributed by atoms with van der Waals surface area (Å²) in [5.41, 5.74) is 1.17. The van der Waals surface area contributed by atoms with Crippen molar-refractivity contribution in [3.05, 3.63) is 94.2 Å². The highest BCUT2D eigenvalue weighted by molar-refractivity contribution is 6.06. The summed E-state index contributed by atoms with van der Waals surface area (Å²) < 4.78 is 10.6. The van der Waals surface area contributed by atoms with Crippen LogP contribution in [0.5, 0.6) is 0 Å². The Hall–Kier alpha value is -4.31. The van der Waals surface area contributed by atoms with Crippen LogP contribution in [0.3, 0.4) is 0 Å². The minimum absolute atomic E-state index is 0.0151. The molecule has 0 saturated carbocycles. The zero-order valence-electron chi connectivity index (χ0n) is 20.0. The summed E-state index contributed by atoms with van der Waals surface area (Å²) >= 11 is 0. The van der Waals surface area contributed by atoms with Crippen LogP contribution in [0.25, 0.3) is 0 Å². The monoisotopic (exact) mass is 492 g/mol. The highest BCUT2D eigenvalue weighted by atomic mass is 16.6. The quantitative estimate of drug-likeness (QED) is 0.163. The molecular formula is C26H28N4O6. The van der Waals surface area contributed by atoms with Crippen molar-refractivity contribution in [2.45, 2.75) is 20.0 Å². The van der Waals surface area contributed by atoms with Gasteiger partial charge in [-0.15, -0.1) is 0 Å². The van der Waals surface area contributed by atoms with Gasteiger partial charge in [0.05, 0.1) is 31.2 Å². The fourth-order valence-electron chi connectivity index (χ4n) is 3.41. The van der Waals surface area contributed by atoms with Gasteiger partial charge in [-0.05, 0) is 36.8 Å². The van der Waals surface area contributed by atoms with Crippen molar-refractivity contribution < 1.29 is 24.0 Å². The van der Waals surface area contributed by atoms with Crippen LogP contribution >= 0.6 is 0 Å². The first kappa shape index (κ1) is 26.3. The van der Waals surface area contributed by atoms with Crippen molar-refractivity contribution in [1.29, 1.82) is 0 Å². The second kappa shape index (κ2) is 13.5. The van der Waals surface area contributed by atoms with E-state index < -0.39 is 16.8 Å². The first-order valence-corrected chi connectivity index (χ1v) is 11.5. The zero-order valence-corrected chi connectivity index (χ0v) is 20.0. The summed E-state index contributed by atoms with van der Waals surface area (Å²) in [6.07, 6.45) is 1.48. The van der Waals surface area contributed by atoms with Gasteiger partial charge >= 0.3 is 5.97 Å². The number of anilines is 2. The summed E-state index contributed by atoms with van der Waals surface area (Å²) in [4.78, 5) is 41.9. The van der Waals surface area contributed by atoms with Crippen LogP contribution in [0.2, 0.25) is 0 Å². The predicted molar refractivity (Wildman–Crippen MR) is 135 cm³/mol. The Bertz CT molecular complexity index is 1160. The molecule has 1 N–H and O–H groups in total. The van der Waals surface area contributed by atoms with E-state index >= 15 is 0 Å². The summed E-state index contributed by atoms with van der Waals surface area (Å²) in [5.74, 6) is -0.641. The first-order chi connectivity index (χ1) is 17.5. The molecule has 3 aromatic rings. The van der Waals surface area contributed by atoms with Gasteiger partial charge in [0.2, 0.25) is 0 Å². The molecule has 1 heterocycles. The lowest BCUT2D eigenvalue weighted by Gasteiger charge is -2.21. The van der Waals surface area contributed by atoms with Crippen molar-refractivity contribution in [2.24, 2.45) is 0 Å². The van der Waals surface area contributed by atoms with Crippen LogP contribution < -0.4 is 10.2 Å². The van der Waals surface area contributed by atoms with Crippen LogP contribution in [0, 0.1) is 10.1 Å². The molecule has 0 spiro atoms. The Morgan fingerprint density at radius 3 is 2.56 bits per heavy atom. The van der Waals surface area contributed by atoms with E-state index in [9.17, 15) is 19.7 Å². The number of nitrogens with zero attached hydrogens (tertiary/aromatic N) is 3. The molecule has 2 aromatic carbocycles. The van der Waals surface area contributed by atoms with E-state index in [1.165, 1.54) is 29.3 Å². The number of hydrogen-bond acceptors (Lipinski definition) is 8. The second-order valence-corrected chi connectivity index (χ2v) is 7.65. The molecule has 1 amide bonds. The Balaban J connectivity index is 1.69. The molecule has 0 unspecified atom stereocenters. The molecule has 10 nitrogen and oxygen atoms in total. The Labute approximate surface area is 209 Å². The van der Waals surface area contributed by atoms with Gasteiger partial charge in [0.15, 0.2) is 0 Å². The maximum atomic E-state index is 13.3. The molecule has 0 bridgehead atoms. The fraction of sp³-hybridized carbons (Fsp3) is 0.269. The molecule has 0 aliphatic heterocycles. The van der Waals surface area contributed by atoms with Gasteiger partial charge in [-0.25, -0.2) is 4.98 Å². The molecule has 3 rings (SSSR count). The van der Waals surface area contributed by atoms with Crippen LogP contribution in [0.15, 0.2) is 72.9 Å². The maximum Gasteiger partial charge on any atom is 0.307 e. The molecule has 188 valence electrons. The molecule has 0 fully saturated rings. The van der Waals surface area contributed by atoms with Crippen molar-refractivity contribution in [2.75, 3.05) is 36.5 Å². The predicted octanol–water partition coefficient (Wildman–Crippen LogP) is 4.22. The number of pyridine rings is 1. The molecule has 0 aliphatic carbocycles. The number of nitro benzene ring substituents is 1. The van der Waals surface area contributed by atoms with E-state index in [4.69, 9.17) is 9.47 Å². The van der Waals surface area contributed by atoms with E-state index in [0.717, 1.165) is 5.56 Å². The number of amides is 1. The number of carbonyl (C=O) groups excluding carboxylic acids is 2. The lowest BCUT2D eigenvalue weighted by Crippen LogP contribution is -2.34. The van der Waals surface area contributed by atoms with E-state index in [1.54, 1.807) is 25.1 Å². The Morgan fingerprint density at radius 2 is 1.86 bits per heavy atom. The molecule has 36 heavy (non-hydrogen) atoms. The summed E-state index contributed by atoms with van der Waals surface area (Å²) in [6.45, 7) is 3.07. The number of hydrogen-bond donors (Lipinski definition) is 1. The van der Waals surface area contributed by atoms with Gasteiger partial charge in [-0.3, -0.25) is 24.6 Å². The van der Waals surface area contributed by atoms with E-state index in [-0.39, 0.29) is 36.5 Å². The normalized spacial score (nSPS) is 10.5. The molecular weight excluding hydrogens is 464 g/mol. The molecule has 0 saturated heterocycles. The SMILES string of the molecule is CCOC(=O)CCN(C(=O)c1ccc(NCCOCc2ccccc2)c([N+](=O)[O-])c1)c1ccccn1. The van der Waals surface area contributed by atoms with Crippen LogP contribution in [-0.2, 0) is 20.9 Å². The van der Waals surface area contributed by atoms with E-state index in [1.807, 2.05) is 30.3 Å². The van der Waals surface area contributed by atoms with Gasteiger partial charge in [-0.2, -0.15) is 0 Å². The third-order valence-electron chi connectivity index (χ3n) is 5.13. The number of aromatic nitrogens is 1. The van der Waals surface area contributed by atoms with Crippen LogP contribution in [-0.4, -0.2) is 48.1 Å². The average molecular weight is 493 g/mol. The van der Waals surface area contributed by atoms with Crippen LogP contribution in [0.4, 0.5) is 17.2 Å². The summed E-state index contributed by atoms with van der Waals surface area (Å²) in [7, 11) is 0. The third-order valence-corrected chi connectivity index (χ3v) is 5.13. The number of esters is 1. The van der Waals surface area contributed by atoms with Gasteiger partial charge in [0, 0.05) is 30.9 Å². The molecule has 1 aromatic heterocycles. The van der Waals surface area contributed by atoms with Crippen LogP contribution in [0.1, 0.15) is 29.3 Å². The smallest absolute Gasteiger partial charge is 0.307 e. The number of carbonyl (C=O) groups is 2. The average Bonchev–Trinajstić information content (AvgIpc) is 2.90. The standard InChI is InChI=1S/C26H28N4O6/c1-2-36-25(31)13-16-29(24-10-6-7-14-28-24)26(32)21-11-12-22(23(18-21)30(33)34)27-15-17-35-19-20-8-4-3-5-9-20/h3-12,14,18,27H,2,13,15-17,19H2,1H3. The minimum atomic E-state index is -0.548. The minimum Gasteiger partial charge on any atom is -0.466 e. The number of nitro groups is 1. The topological polar surface area (TPSA) is 124 Å².